The molecule has 1 heterocycles. The number of anilines is 1. The summed E-state index contributed by atoms with van der Waals surface area (Å²) in [5.41, 5.74) is 1.19. The van der Waals surface area contributed by atoms with Crippen LogP contribution in [0.2, 0.25) is 10.0 Å². The standard InChI is InChI=1S/C20H21Cl2FN2O2/c1-27-19-5-4-16(22)11-18(19)24-20(26)13-6-8-25(9-7-13)12-14-2-3-15(21)10-17(14)23/h2-5,10-11,13H,6-9,12H2,1H3,(H,24,26). The molecule has 4 nitrogen and oxygen atoms in total. The van der Waals surface area contributed by atoms with Gasteiger partial charge in [0.2, 0.25) is 5.91 Å². The van der Waals surface area contributed by atoms with Gasteiger partial charge >= 0.3 is 0 Å². The summed E-state index contributed by atoms with van der Waals surface area (Å²) >= 11 is 11.8. The molecule has 2 aromatic rings. The lowest BCUT2D eigenvalue weighted by Gasteiger charge is -2.31. The minimum Gasteiger partial charge on any atom is -0.495 e. The van der Waals surface area contributed by atoms with Gasteiger partial charge in [0.25, 0.3) is 0 Å². The van der Waals surface area contributed by atoms with E-state index in [1.54, 1.807) is 37.4 Å². The van der Waals surface area contributed by atoms with Crippen LogP contribution in [-0.4, -0.2) is 31.0 Å². The third kappa shape index (κ3) is 5.12. The highest BCUT2D eigenvalue weighted by Crippen LogP contribution is 2.29. The number of carbonyl (C=O) groups is 1. The SMILES string of the molecule is COc1ccc(Cl)cc1NC(=O)C1CCN(Cc2ccc(Cl)cc2F)CC1. The highest BCUT2D eigenvalue weighted by atomic mass is 35.5. The molecule has 1 fully saturated rings. The number of nitrogens with zero attached hydrogens (tertiary/aromatic N) is 1. The van der Waals surface area contributed by atoms with Gasteiger partial charge in [0, 0.05) is 28.1 Å². The molecule has 1 aliphatic rings. The molecule has 1 saturated heterocycles. The molecule has 3 rings (SSSR count). The molecule has 0 aromatic heterocycles. The Kier molecular flexibility index (Phi) is 6.58. The number of hydrogen-bond donors (Lipinski definition) is 1. The predicted molar refractivity (Wildman–Crippen MR) is 106 cm³/mol. The molecular formula is C20H21Cl2FN2O2. The Bertz CT molecular complexity index is 824. The number of amides is 1. The average Bonchev–Trinajstić information content (AvgIpc) is 2.65. The summed E-state index contributed by atoms with van der Waals surface area (Å²) in [5.74, 6) is 0.131. The Morgan fingerprint density at radius 3 is 2.52 bits per heavy atom. The van der Waals surface area contributed by atoms with Crippen LogP contribution in [0.4, 0.5) is 10.1 Å². The van der Waals surface area contributed by atoms with E-state index >= 15 is 0 Å². The number of benzene rings is 2. The molecule has 1 amide bonds. The van der Waals surface area contributed by atoms with Gasteiger partial charge in [-0.2, -0.15) is 0 Å². The van der Waals surface area contributed by atoms with Crippen LogP contribution in [-0.2, 0) is 11.3 Å². The Morgan fingerprint density at radius 1 is 1.19 bits per heavy atom. The van der Waals surface area contributed by atoms with Crippen molar-refractivity contribution in [2.45, 2.75) is 19.4 Å². The van der Waals surface area contributed by atoms with Crippen molar-refractivity contribution in [1.82, 2.24) is 4.90 Å². The van der Waals surface area contributed by atoms with E-state index in [-0.39, 0.29) is 17.6 Å². The fourth-order valence-corrected chi connectivity index (χ4v) is 3.59. The zero-order valence-electron chi connectivity index (χ0n) is 15.0. The smallest absolute Gasteiger partial charge is 0.227 e. The van der Waals surface area contributed by atoms with Crippen LogP contribution in [0.3, 0.4) is 0 Å². The number of piperidine rings is 1. The monoisotopic (exact) mass is 410 g/mol. The fourth-order valence-electron chi connectivity index (χ4n) is 3.26. The first kappa shape index (κ1) is 19.9. The van der Waals surface area contributed by atoms with E-state index < -0.39 is 0 Å². The van der Waals surface area contributed by atoms with Gasteiger partial charge in [0.05, 0.1) is 12.8 Å². The zero-order valence-corrected chi connectivity index (χ0v) is 16.5. The Hall–Kier alpha value is -1.82. The van der Waals surface area contributed by atoms with Crippen molar-refractivity contribution in [2.24, 2.45) is 5.92 Å². The summed E-state index contributed by atoms with van der Waals surface area (Å²) in [6.45, 7) is 1.97. The molecule has 0 saturated carbocycles. The van der Waals surface area contributed by atoms with Gasteiger partial charge in [0.1, 0.15) is 11.6 Å². The van der Waals surface area contributed by atoms with Gasteiger partial charge in [0.15, 0.2) is 0 Å². The van der Waals surface area contributed by atoms with Crippen molar-refractivity contribution >= 4 is 34.8 Å². The van der Waals surface area contributed by atoms with Crippen molar-refractivity contribution in [1.29, 1.82) is 0 Å². The summed E-state index contributed by atoms with van der Waals surface area (Å²) in [6, 6.07) is 9.85. The number of ether oxygens (including phenoxy) is 1. The van der Waals surface area contributed by atoms with Crippen molar-refractivity contribution in [3.05, 3.63) is 57.8 Å². The second-order valence-corrected chi connectivity index (χ2v) is 7.49. The first-order valence-corrected chi connectivity index (χ1v) is 9.52. The molecule has 1 aliphatic heterocycles. The molecule has 27 heavy (non-hydrogen) atoms. The van der Waals surface area contributed by atoms with E-state index in [4.69, 9.17) is 27.9 Å². The molecular weight excluding hydrogens is 390 g/mol. The predicted octanol–water partition coefficient (Wildman–Crippen LogP) is 4.99. The van der Waals surface area contributed by atoms with Crippen LogP contribution in [0.25, 0.3) is 0 Å². The Balaban J connectivity index is 1.56. The van der Waals surface area contributed by atoms with Gasteiger partial charge in [-0.25, -0.2) is 4.39 Å². The summed E-state index contributed by atoms with van der Waals surface area (Å²) in [6.07, 6.45) is 1.42. The molecule has 144 valence electrons. The molecule has 0 unspecified atom stereocenters. The molecule has 2 aromatic carbocycles. The normalized spacial score (nSPS) is 15.6. The van der Waals surface area contributed by atoms with E-state index in [0.29, 0.717) is 46.4 Å². The van der Waals surface area contributed by atoms with E-state index in [2.05, 4.69) is 10.2 Å². The van der Waals surface area contributed by atoms with Crippen LogP contribution in [0.15, 0.2) is 36.4 Å². The number of methoxy groups -OCH3 is 1. The quantitative estimate of drug-likeness (QED) is 0.754. The lowest BCUT2D eigenvalue weighted by atomic mass is 9.95. The average molecular weight is 411 g/mol. The van der Waals surface area contributed by atoms with Gasteiger partial charge in [-0.3, -0.25) is 9.69 Å². The second kappa shape index (κ2) is 8.91. The topological polar surface area (TPSA) is 41.6 Å². The van der Waals surface area contributed by atoms with E-state index in [1.807, 2.05) is 0 Å². The minimum atomic E-state index is -0.296. The third-order valence-corrected chi connectivity index (χ3v) is 5.26. The number of nitrogens with one attached hydrogen (secondary N) is 1. The van der Waals surface area contributed by atoms with Crippen LogP contribution in [0, 0.1) is 11.7 Å². The summed E-state index contributed by atoms with van der Waals surface area (Å²) in [4.78, 5) is 14.7. The number of halogens is 3. The summed E-state index contributed by atoms with van der Waals surface area (Å²) in [7, 11) is 1.55. The summed E-state index contributed by atoms with van der Waals surface area (Å²) < 4.78 is 19.2. The Morgan fingerprint density at radius 2 is 1.85 bits per heavy atom. The number of rotatable bonds is 5. The maximum atomic E-state index is 14.0. The van der Waals surface area contributed by atoms with Crippen LogP contribution in [0.1, 0.15) is 18.4 Å². The molecule has 0 radical (unpaired) electrons. The highest BCUT2D eigenvalue weighted by Gasteiger charge is 2.26. The third-order valence-electron chi connectivity index (χ3n) is 4.79. The molecule has 7 heteroatoms. The van der Waals surface area contributed by atoms with Crippen molar-refractivity contribution in [2.75, 3.05) is 25.5 Å². The van der Waals surface area contributed by atoms with Crippen molar-refractivity contribution < 1.29 is 13.9 Å². The van der Waals surface area contributed by atoms with Crippen LogP contribution < -0.4 is 10.1 Å². The zero-order chi connectivity index (χ0) is 19.4. The lowest BCUT2D eigenvalue weighted by molar-refractivity contribution is -0.121. The lowest BCUT2D eigenvalue weighted by Crippen LogP contribution is -2.38. The van der Waals surface area contributed by atoms with E-state index in [1.165, 1.54) is 6.07 Å². The van der Waals surface area contributed by atoms with Crippen molar-refractivity contribution in [3.8, 4) is 5.75 Å². The fraction of sp³-hybridized carbons (Fsp3) is 0.350. The maximum absolute atomic E-state index is 14.0. The molecule has 0 bridgehead atoms. The van der Waals surface area contributed by atoms with Crippen molar-refractivity contribution in [3.63, 3.8) is 0 Å². The molecule has 0 aliphatic carbocycles. The van der Waals surface area contributed by atoms with E-state index in [9.17, 15) is 9.18 Å². The minimum absolute atomic E-state index is 0.0482. The van der Waals surface area contributed by atoms with Gasteiger partial charge in [-0.15, -0.1) is 0 Å². The van der Waals surface area contributed by atoms with Gasteiger partial charge < -0.3 is 10.1 Å². The van der Waals surface area contributed by atoms with Gasteiger partial charge in [-0.05, 0) is 56.3 Å². The number of carbonyl (C=O) groups excluding carboxylic acids is 1. The highest BCUT2D eigenvalue weighted by molar-refractivity contribution is 6.31. The van der Waals surface area contributed by atoms with E-state index in [0.717, 1.165) is 13.1 Å². The first-order valence-electron chi connectivity index (χ1n) is 8.77. The summed E-state index contributed by atoms with van der Waals surface area (Å²) in [5, 5.41) is 3.84. The van der Waals surface area contributed by atoms with Gasteiger partial charge in [-0.1, -0.05) is 29.3 Å². The molecule has 0 atom stereocenters. The molecule has 1 N–H and O–H groups in total. The largest absolute Gasteiger partial charge is 0.495 e. The van der Waals surface area contributed by atoms with Crippen LogP contribution in [0.5, 0.6) is 5.75 Å². The molecule has 0 spiro atoms. The Labute approximate surface area is 168 Å². The number of likely N-dealkylation sites (tertiary alicyclic amines) is 1. The first-order chi connectivity index (χ1) is 13.0. The second-order valence-electron chi connectivity index (χ2n) is 6.62. The number of hydrogen-bond acceptors (Lipinski definition) is 3. The maximum Gasteiger partial charge on any atom is 0.227 e. The van der Waals surface area contributed by atoms with Crippen LogP contribution >= 0.6 is 23.2 Å².